The van der Waals surface area contributed by atoms with Crippen molar-refractivity contribution in [2.45, 2.75) is 39.2 Å². The van der Waals surface area contributed by atoms with Gasteiger partial charge < -0.3 is 10.1 Å². The zero-order valence-electron chi connectivity index (χ0n) is 14.3. The number of benzene rings is 2. The van der Waals surface area contributed by atoms with Crippen molar-refractivity contribution in [3.8, 4) is 5.75 Å². The molecule has 0 aliphatic carbocycles. The van der Waals surface area contributed by atoms with Crippen LogP contribution < -0.4 is 10.1 Å². The van der Waals surface area contributed by atoms with Crippen molar-refractivity contribution in [3.63, 3.8) is 0 Å². The van der Waals surface area contributed by atoms with E-state index in [2.05, 4.69) is 43.4 Å². The van der Waals surface area contributed by atoms with Crippen molar-refractivity contribution >= 4 is 5.91 Å². The van der Waals surface area contributed by atoms with Gasteiger partial charge in [-0.15, -0.1) is 0 Å². The van der Waals surface area contributed by atoms with Gasteiger partial charge in [-0.25, -0.2) is 0 Å². The molecular formula is C20H25NO2. The molecule has 0 aromatic heterocycles. The average Bonchev–Trinajstić information content (AvgIpc) is 2.54. The summed E-state index contributed by atoms with van der Waals surface area (Å²) in [5.41, 5.74) is 3.38. The molecule has 2 aromatic rings. The summed E-state index contributed by atoms with van der Waals surface area (Å²) >= 11 is 0. The highest BCUT2D eigenvalue weighted by atomic mass is 16.5. The SMILES string of the molecule is COc1cccc(CC(=O)NC(C)c2ccc(C(C)C)cc2)c1. The molecule has 0 aliphatic rings. The van der Waals surface area contributed by atoms with Crippen LogP contribution in [0.5, 0.6) is 5.75 Å². The van der Waals surface area contributed by atoms with Gasteiger partial charge in [0.2, 0.25) is 5.91 Å². The Morgan fingerprint density at radius 1 is 1.04 bits per heavy atom. The van der Waals surface area contributed by atoms with Crippen molar-refractivity contribution in [1.29, 1.82) is 0 Å². The zero-order valence-corrected chi connectivity index (χ0v) is 14.3. The first kappa shape index (κ1) is 17.1. The maximum Gasteiger partial charge on any atom is 0.224 e. The van der Waals surface area contributed by atoms with Crippen molar-refractivity contribution < 1.29 is 9.53 Å². The van der Waals surface area contributed by atoms with Gasteiger partial charge in [-0.2, -0.15) is 0 Å². The molecule has 0 spiro atoms. The topological polar surface area (TPSA) is 38.3 Å². The summed E-state index contributed by atoms with van der Waals surface area (Å²) in [6.07, 6.45) is 0.353. The standard InChI is InChI=1S/C20H25NO2/c1-14(2)17-8-10-18(11-9-17)15(3)21-20(22)13-16-6-5-7-19(12-16)23-4/h5-12,14-15H,13H2,1-4H3,(H,21,22). The molecule has 23 heavy (non-hydrogen) atoms. The maximum absolute atomic E-state index is 12.2. The third-order valence-corrected chi connectivity index (χ3v) is 3.98. The van der Waals surface area contributed by atoms with E-state index in [-0.39, 0.29) is 11.9 Å². The lowest BCUT2D eigenvalue weighted by Gasteiger charge is -2.16. The molecule has 122 valence electrons. The smallest absolute Gasteiger partial charge is 0.224 e. The van der Waals surface area contributed by atoms with E-state index in [0.29, 0.717) is 12.3 Å². The fourth-order valence-electron chi connectivity index (χ4n) is 2.51. The summed E-state index contributed by atoms with van der Waals surface area (Å²) in [6.45, 7) is 6.36. The number of hydrogen-bond donors (Lipinski definition) is 1. The van der Waals surface area contributed by atoms with Gasteiger partial charge in [0.15, 0.2) is 0 Å². The van der Waals surface area contributed by atoms with Crippen molar-refractivity contribution in [1.82, 2.24) is 5.32 Å². The lowest BCUT2D eigenvalue weighted by molar-refractivity contribution is -0.121. The Morgan fingerprint density at radius 2 is 1.70 bits per heavy atom. The minimum absolute atomic E-state index is 0.00526. The molecule has 2 rings (SSSR count). The van der Waals surface area contributed by atoms with Crippen molar-refractivity contribution in [2.24, 2.45) is 0 Å². The first-order valence-electron chi connectivity index (χ1n) is 8.01. The van der Waals surface area contributed by atoms with Crippen LogP contribution in [0.25, 0.3) is 0 Å². The predicted molar refractivity (Wildman–Crippen MR) is 93.8 cm³/mol. The second-order valence-electron chi connectivity index (χ2n) is 6.14. The number of carbonyl (C=O) groups is 1. The summed E-state index contributed by atoms with van der Waals surface area (Å²) in [7, 11) is 1.63. The summed E-state index contributed by atoms with van der Waals surface area (Å²) in [5.74, 6) is 1.30. The zero-order chi connectivity index (χ0) is 16.8. The highest BCUT2D eigenvalue weighted by Gasteiger charge is 2.11. The molecule has 0 bridgehead atoms. The molecule has 0 saturated carbocycles. The molecule has 1 amide bonds. The molecular weight excluding hydrogens is 286 g/mol. The van der Waals surface area contributed by atoms with E-state index in [1.165, 1.54) is 5.56 Å². The summed E-state index contributed by atoms with van der Waals surface area (Å²) < 4.78 is 5.19. The van der Waals surface area contributed by atoms with E-state index in [1.807, 2.05) is 31.2 Å². The number of amides is 1. The van der Waals surface area contributed by atoms with Gasteiger partial charge in [-0.05, 0) is 41.7 Å². The Hall–Kier alpha value is -2.29. The first-order chi connectivity index (χ1) is 11.0. The predicted octanol–water partition coefficient (Wildman–Crippen LogP) is 4.24. The monoisotopic (exact) mass is 311 g/mol. The van der Waals surface area contributed by atoms with Gasteiger partial charge in [0, 0.05) is 0 Å². The quantitative estimate of drug-likeness (QED) is 0.866. The van der Waals surface area contributed by atoms with Crippen LogP contribution in [0.1, 0.15) is 49.4 Å². The molecule has 2 aromatic carbocycles. The van der Waals surface area contributed by atoms with Gasteiger partial charge in [0.05, 0.1) is 19.6 Å². The van der Waals surface area contributed by atoms with E-state index in [1.54, 1.807) is 7.11 Å². The maximum atomic E-state index is 12.2. The third-order valence-electron chi connectivity index (χ3n) is 3.98. The Kier molecular flexibility index (Phi) is 5.80. The van der Waals surface area contributed by atoms with E-state index < -0.39 is 0 Å². The van der Waals surface area contributed by atoms with Crippen LogP contribution in [-0.4, -0.2) is 13.0 Å². The Bertz CT molecular complexity index is 647. The first-order valence-corrected chi connectivity index (χ1v) is 8.01. The third kappa shape index (κ3) is 4.85. The fourth-order valence-corrected chi connectivity index (χ4v) is 2.51. The minimum atomic E-state index is -0.00526. The highest BCUT2D eigenvalue weighted by molar-refractivity contribution is 5.79. The summed E-state index contributed by atoms with van der Waals surface area (Å²) in [4.78, 5) is 12.2. The molecule has 0 aliphatic heterocycles. The van der Waals surface area contributed by atoms with Crippen LogP contribution >= 0.6 is 0 Å². The number of ether oxygens (including phenoxy) is 1. The van der Waals surface area contributed by atoms with Crippen LogP contribution in [0, 0.1) is 0 Å². The molecule has 1 unspecified atom stereocenters. The van der Waals surface area contributed by atoms with E-state index in [9.17, 15) is 4.79 Å². The Balaban J connectivity index is 1.96. The van der Waals surface area contributed by atoms with E-state index in [0.717, 1.165) is 16.9 Å². The molecule has 0 saturated heterocycles. The molecule has 0 radical (unpaired) electrons. The highest BCUT2D eigenvalue weighted by Crippen LogP contribution is 2.19. The van der Waals surface area contributed by atoms with Crippen LogP contribution in [-0.2, 0) is 11.2 Å². The summed E-state index contributed by atoms with van der Waals surface area (Å²) in [5, 5.41) is 3.05. The average molecular weight is 311 g/mol. The number of carbonyl (C=O) groups excluding carboxylic acids is 1. The van der Waals surface area contributed by atoms with Gasteiger partial charge in [-0.3, -0.25) is 4.79 Å². The second-order valence-corrected chi connectivity index (χ2v) is 6.14. The number of methoxy groups -OCH3 is 1. The van der Waals surface area contributed by atoms with Crippen LogP contribution in [0.15, 0.2) is 48.5 Å². The van der Waals surface area contributed by atoms with E-state index in [4.69, 9.17) is 4.74 Å². The molecule has 0 fully saturated rings. The lowest BCUT2D eigenvalue weighted by atomic mass is 9.99. The van der Waals surface area contributed by atoms with Gasteiger partial charge >= 0.3 is 0 Å². The van der Waals surface area contributed by atoms with Crippen LogP contribution in [0.4, 0.5) is 0 Å². The molecule has 1 N–H and O–H groups in total. The largest absolute Gasteiger partial charge is 0.497 e. The van der Waals surface area contributed by atoms with Crippen molar-refractivity contribution in [3.05, 3.63) is 65.2 Å². The van der Waals surface area contributed by atoms with Gasteiger partial charge in [0.1, 0.15) is 5.75 Å². The normalized spacial score (nSPS) is 12.0. The number of hydrogen-bond acceptors (Lipinski definition) is 2. The molecule has 3 nitrogen and oxygen atoms in total. The summed E-state index contributed by atoms with van der Waals surface area (Å²) in [6, 6.07) is 16.0. The number of rotatable bonds is 6. The number of nitrogens with one attached hydrogen (secondary N) is 1. The fraction of sp³-hybridized carbons (Fsp3) is 0.350. The van der Waals surface area contributed by atoms with Crippen LogP contribution in [0.2, 0.25) is 0 Å². The minimum Gasteiger partial charge on any atom is -0.497 e. The Morgan fingerprint density at radius 3 is 2.30 bits per heavy atom. The van der Waals surface area contributed by atoms with E-state index >= 15 is 0 Å². The van der Waals surface area contributed by atoms with Crippen molar-refractivity contribution in [2.75, 3.05) is 7.11 Å². The molecule has 3 heteroatoms. The lowest BCUT2D eigenvalue weighted by Crippen LogP contribution is -2.28. The van der Waals surface area contributed by atoms with Gasteiger partial charge in [-0.1, -0.05) is 50.2 Å². The van der Waals surface area contributed by atoms with Gasteiger partial charge in [0.25, 0.3) is 0 Å². The van der Waals surface area contributed by atoms with Crippen LogP contribution in [0.3, 0.4) is 0 Å². The molecule has 0 heterocycles. The Labute approximate surface area is 138 Å². The second kappa shape index (κ2) is 7.82. The molecule has 1 atom stereocenters.